The van der Waals surface area contributed by atoms with Gasteiger partial charge in [-0.1, -0.05) is 48.5 Å². The summed E-state index contributed by atoms with van der Waals surface area (Å²) in [4.78, 5) is 32.2. The van der Waals surface area contributed by atoms with Gasteiger partial charge in [0.05, 0.1) is 5.41 Å². The van der Waals surface area contributed by atoms with Crippen LogP contribution in [-0.2, 0) is 28.5 Å². The van der Waals surface area contributed by atoms with Gasteiger partial charge in [-0.3, -0.25) is 14.9 Å². The summed E-state index contributed by atoms with van der Waals surface area (Å²) in [6.07, 6.45) is 3.90. The second kappa shape index (κ2) is 6.96. The van der Waals surface area contributed by atoms with E-state index in [1.807, 2.05) is 61.6 Å². The lowest BCUT2D eigenvalue weighted by atomic mass is 9.73. The summed E-state index contributed by atoms with van der Waals surface area (Å²) in [6, 6.07) is 17.5. The van der Waals surface area contributed by atoms with Gasteiger partial charge in [-0.15, -0.1) is 0 Å². The van der Waals surface area contributed by atoms with E-state index in [0.29, 0.717) is 12.4 Å². The Balaban J connectivity index is 1.73. The number of carbonyl (C=O) groups excluding carboxylic acids is 2. The highest BCUT2D eigenvalue weighted by Gasteiger charge is 2.50. The normalized spacial score (nSPS) is 18.2. The molecule has 6 nitrogen and oxygen atoms in total. The fourth-order valence-corrected chi connectivity index (χ4v) is 3.99. The maximum atomic E-state index is 13.4. The third-order valence-corrected chi connectivity index (χ3v) is 5.38. The lowest BCUT2D eigenvalue weighted by Crippen LogP contribution is -2.43. The van der Waals surface area contributed by atoms with Crippen molar-refractivity contribution in [3.05, 3.63) is 78.1 Å². The number of fused-ring (bicyclic) bond motifs is 1. The summed E-state index contributed by atoms with van der Waals surface area (Å²) in [5.41, 5.74) is 1.82. The predicted molar refractivity (Wildman–Crippen MR) is 108 cm³/mol. The standard InChI is InChI=1S/C22H22N4O2/c1-25-13-12-23-21(25)24-19(27)15-22(14-16-8-4-3-5-9-16)17-10-6-7-11-18(17)26(2)20(22)28/h3-13H,14-15H2,1-2H3,(H,23,24,27). The molecule has 0 fully saturated rings. The summed E-state index contributed by atoms with van der Waals surface area (Å²) in [6.45, 7) is 0. The summed E-state index contributed by atoms with van der Waals surface area (Å²) in [5.74, 6) is 0.170. The predicted octanol–water partition coefficient (Wildman–Crippen LogP) is 2.91. The van der Waals surface area contributed by atoms with Crippen molar-refractivity contribution in [3.8, 4) is 0 Å². The molecule has 28 heavy (non-hydrogen) atoms. The number of carbonyl (C=O) groups is 2. The van der Waals surface area contributed by atoms with Crippen molar-refractivity contribution < 1.29 is 9.59 Å². The van der Waals surface area contributed by atoms with Crippen LogP contribution in [0.5, 0.6) is 0 Å². The number of nitrogens with zero attached hydrogens (tertiary/aromatic N) is 3. The first-order chi connectivity index (χ1) is 13.5. The van der Waals surface area contributed by atoms with Crippen molar-refractivity contribution in [2.24, 2.45) is 7.05 Å². The van der Waals surface area contributed by atoms with E-state index in [1.165, 1.54) is 0 Å². The third-order valence-electron chi connectivity index (χ3n) is 5.38. The van der Waals surface area contributed by atoms with Gasteiger partial charge in [-0.05, 0) is 23.6 Å². The van der Waals surface area contributed by atoms with Crippen LogP contribution in [0.3, 0.4) is 0 Å². The number of nitrogens with one attached hydrogen (secondary N) is 1. The molecule has 0 aliphatic carbocycles. The van der Waals surface area contributed by atoms with E-state index < -0.39 is 5.41 Å². The van der Waals surface area contributed by atoms with Gasteiger partial charge in [-0.2, -0.15) is 0 Å². The van der Waals surface area contributed by atoms with Crippen LogP contribution in [0.1, 0.15) is 17.5 Å². The van der Waals surface area contributed by atoms with Crippen LogP contribution in [0.25, 0.3) is 0 Å². The molecule has 1 aromatic heterocycles. The maximum absolute atomic E-state index is 13.4. The Morgan fingerprint density at radius 2 is 1.79 bits per heavy atom. The number of rotatable bonds is 5. The van der Waals surface area contributed by atoms with Gasteiger partial charge < -0.3 is 9.47 Å². The molecule has 4 rings (SSSR count). The largest absolute Gasteiger partial charge is 0.320 e. The summed E-state index contributed by atoms with van der Waals surface area (Å²) in [7, 11) is 3.58. The highest BCUT2D eigenvalue weighted by Crippen LogP contribution is 2.45. The molecule has 2 amide bonds. The van der Waals surface area contributed by atoms with Gasteiger partial charge in [0.1, 0.15) is 0 Å². The number of aromatic nitrogens is 2. The average Bonchev–Trinajstić information content (AvgIpc) is 3.18. The molecule has 2 heterocycles. The van der Waals surface area contributed by atoms with Gasteiger partial charge in [0.25, 0.3) is 0 Å². The van der Waals surface area contributed by atoms with Crippen LogP contribution in [0.4, 0.5) is 11.6 Å². The van der Waals surface area contributed by atoms with E-state index in [4.69, 9.17) is 0 Å². The quantitative estimate of drug-likeness (QED) is 0.747. The second-order valence-corrected chi connectivity index (χ2v) is 7.21. The van der Waals surface area contributed by atoms with Crippen molar-refractivity contribution >= 4 is 23.5 Å². The Morgan fingerprint density at radius 3 is 2.50 bits per heavy atom. The molecule has 0 bridgehead atoms. The molecule has 6 heteroatoms. The first-order valence-electron chi connectivity index (χ1n) is 9.20. The Labute approximate surface area is 163 Å². The van der Waals surface area contributed by atoms with E-state index in [1.54, 1.807) is 28.9 Å². The molecule has 2 aromatic carbocycles. The average molecular weight is 374 g/mol. The van der Waals surface area contributed by atoms with Gasteiger partial charge in [0.15, 0.2) is 0 Å². The van der Waals surface area contributed by atoms with E-state index >= 15 is 0 Å². The lowest BCUT2D eigenvalue weighted by molar-refractivity contribution is -0.127. The Kier molecular flexibility index (Phi) is 4.47. The molecule has 1 aliphatic rings. The van der Waals surface area contributed by atoms with E-state index in [-0.39, 0.29) is 18.2 Å². The molecule has 142 valence electrons. The highest BCUT2D eigenvalue weighted by atomic mass is 16.2. The Bertz CT molecular complexity index is 1030. The topological polar surface area (TPSA) is 67.2 Å². The van der Waals surface area contributed by atoms with Crippen LogP contribution in [-0.4, -0.2) is 28.4 Å². The number of hydrogen-bond acceptors (Lipinski definition) is 3. The molecular weight excluding hydrogens is 352 g/mol. The molecule has 0 spiro atoms. The summed E-state index contributed by atoms with van der Waals surface area (Å²) >= 11 is 0. The maximum Gasteiger partial charge on any atom is 0.238 e. The number of hydrogen-bond donors (Lipinski definition) is 1. The first-order valence-corrected chi connectivity index (χ1v) is 9.20. The van der Waals surface area contributed by atoms with Crippen molar-refractivity contribution in [1.29, 1.82) is 0 Å². The fraction of sp³-hybridized carbons (Fsp3) is 0.227. The molecule has 1 aliphatic heterocycles. The Hall–Kier alpha value is -3.41. The van der Waals surface area contributed by atoms with Crippen LogP contribution < -0.4 is 10.2 Å². The van der Waals surface area contributed by atoms with E-state index in [0.717, 1.165) is 16.8 Å². The number of amides is 2. The molecule has 1 unspecified atom stereocenters. The lowest BCUT2D eigenvalue weighted by Gasteiger charge is -2.28. The highest BCUT2D eigenvalue weighted by molar-refractivity contribution is 6.10. The van der Waals surface area contributed by atoms with Gasteiger partial charge in [-0.25, -0.2) is 4.98 Å². The van der Waals surface area contributed by atoms with E-state index in [9.17, 15) is 9.59 Å². The van der Waals surface area contributed by atoms with Crippen LogP contribution in [0.15, 0.2) is 67.0 Å². The minimum absolute atomic E-state index is 0.0505. The number of imidazole rings is 1. The number of para-hydroxylation sites is 1. The zero-order valence-electron chi connectivity index (χ0n) is 15.9. The fourth-order valence-electron chi connectivity index (χ4n) is 3.99. The summed E-state index contributed by atoms with van der Waals surface area (Å²) in [5, 5.41) is 2.84. The molecule has 0 saturated heterocycles. The first kappa shape index (κ1) is 18.0. The minimum atomic E-state index is -0.943. The monoisotopic (exact) mass is 374 g/mol. The third kappa shape index (κ3) is 2.97. The second-order valence-electron chi connectivity index (χ2n) is 7.21. The molecule has 0 saturated carbocycles. The molecular formula is C22H22N4O2. The van der Waals surface area contributed by atoms with Gasteiger partial charge in [0.2, 0.25) is 17.8 Å². The molecule has 1 N–H and O–H groups in total. The van der Waals surface area contributed by atoms with Crippen molar-refractivity contribution in [1.82, 2.24) is 9.55 Å². The zero-order chi connectivity index (χ0) is 19.7. The number of benzene rings is 2. The van der Waals surface area contributed by atoms with Crippen LogP contribution in [0, 0.1) is 0 Å². The van der Waals surface area contributed by atoms with Crippen molar-refractivity contribution in [3.63, 3.8) is 0 Å². The SMILES string of the molecule is CN1C(=O)C(CC(=O)Nc2nccn2C)(Cc2ccccc2)c2ccccc21. The smallest absolute Gasteiger partial charge is 0.238 e. The van der Waals surface area contributed by atoms with Gasteiger partial charge >= 0.3 is 0 Å². The number of aryl methyl sites for hydroxylation is 1. The van der Waals surface area contributed by atoms with E-state index in [2.05, 4.69) is 10.3 Å². The van der Waals surface area contributed by atoms with Crippen molar-refractivity contribution in [2.45, 2.75) is 18.3 Å². The summed E-state index contributed by atoms with van der Waals surface area (Å²) < 4.78 is 1.73. The number of likely N-dealkylation sites (N-methyl/N-ethyl adjacent to an activating group) is 1. The zero-order valence-corrected chi connectivity index (χ0v) is 15.9. The van der Waals surface area contributed by atoms with Crippen molar-refractivity contribution in [2.75, 3.05) is 17.3 Å². The van der Waals surface area contributed by atoms with Crippen LogP contribution >= 0.6 is 0 Å². The Morgan fingerprint density at radius 1 is 1.07 bits per heavy atom. The molecule has 0 radical (unpaired) electrons. The molecule has 3 aromatic rings. The molecule has 1 atom stereocenters. The van der Waals surface area contributed by atoms with Gasteiger partial charge in [0, 0.05) is 38.6 Å². The minimum Gasteiger partial charge on any atom is -0.320 e. The van der Waals surface area contributed by atoms with Crippen LogP contribution in [0.2, 0.25) is 0 Å². The number of anilines is 2.